The van der Waals surface area contributed by atoms with Crippen LogP contribution in [0.3, 0.4) is 0 Å². The number of benzene rings is 2. The molecule has 200 valence electrons. The minimum atomic E-state index is -4.80. The Bertz CT molecular complexity index is 1100. The number of thiocarbonyl (C=S) groups is 1. The van der Waals surface area contributed by atoms with E-state index in [0.29, 0.717) is 32.5 Å². The highest BCUT2D eigenvalue weighted by atomic mass is 32.1. The van der Waals surface area contributed by atoms with Crippen LogP contribution in [0.4, 0.5) is 30.2 Å². The molecule has 2 heterocycles. The number of alkyl halides is 3. The molecule has 0 bridgehead atoms. The van der Waals surface area contributed by atoms with Crippen LogP contribution in [0.2, 0.25) is 0 Å². The summed E-state index contributed by atoms with van der Waals surface area (Å²) in [6, 6.07) is 11.5. The van der Waals surface area contributed by atoms with Gasteiger partial charge in [-0.2, -0.15) is 13.2 Å². The van der Waals surface area contributed by atoms with Crippen LogP contribution in [-0.2, 0) is 10.9 Å². The Morgan fingerprint density at radius 3 is 2.32 bits per heavy atom. The quantitative estimate of drug-likeness (QED) is 0.272. The van der Waals surface area contributed by atoms with E-state index in [2.05, 4.69) is 46.3 Å². The maximum atomic E-state index is 13.3. The highest BCUT2D eigenvalue weighted by Crippen LogP contribution is 2.38. The zero-order valence-electron chi connectivity index (χ0n) is 20.7. The number of anilines is 2. The van der Waals surface area contributed by atoms with E-state index >= 15 is 0 Å². The predicted molar refractivity (Wildman–Crippen MR) is 141 cm³/mol. The minimum absolute atomic E-state index is 0.0476. The van der Waals surface area contributed by atoms with Gasteiger partial charge in [-0.15, -0.1) is 0 Å². The fourth-order valence-corrected chi connectivity index (χ4v) is 5.09. The predicted octanol–water partition coefficient (Wildman–Crippen LogP) is 5.81. The standard InChI is InChI=1S/C26H31F3N4O3S/c1-18-2-5-21(6-3-18)31-14-10-22(11-15-31)36-17-25(37)32-12-8-19(9-13-32)30-20-4-7-24(33(34)35)23(16-20)26(27,28)29/h2-7,16,19,22,30H,8-15,17H2,1H3. The second-order valence-electron chi connectivity index (χ2n) is 9.62. The molecule has 1 N–H and O–H groups in total. The SMILES string of the molecule is Cc1ccc(N2CCC(OCC(=S)N3CCC(Nc4ccc([N+](=O)[O-])c(C(F)(F)F)c4)CC3)CC2)cc1. The molecular weight excluding hydrogens is 505 g/mol. The topological polar surface area (TPSA) is 70.9 Å². The van der Waals surface area contributed by atoms with Crippen molar-refractivity contribution < 1.29 is 22.8 Å². The Balaban J connectivity index is 1.20. The van der Waals surface area contributed by atoms with Gasteiger partial charge in [0.1, 0.15) is 10.6 Å². The van der Waals surface area contributed by atoms with Gasteiger partial charge in [-0.25, -0.2) is 0 Å². The second-order valence-corrected chi connectivity index (χ2v) is 10.1. The van der Waals surface area contributed by atoms with Crippen molar-refractivity contribution in [2.75, 3.05) is 43.0 Å². The lowest BCUT2D eigenvalue weighted by Crippen LogP contribution is -2.44. The molecule has 0 aromatic heterocycles. The monoisotopic (exact) mass is 536 g/mol. The first kappa shape index (κ1) is 27.1. The third-order valence-electron chi connectivity index (χ3n) is 7.00. The number of halogens is 3. The molecule has 37 heavy (non-hydrogen) atoms. The van der Waals surface area contributed by atoms with Crippen LogP contribution in [0.1, 0.15) is 36.8 Å². The summed E-state index contributed by atoms with van der Waals surface area (Å²) >= 11 is 5.60. The molecule has 0 unspecified atom stereocenters. The molecule has 2 aliphatic rings. The maximum Gasteiger partial charge on any atom is 0.423 e. The summed E-state index contributed by atoms with van der Waals surface area (Å²) in [4.78, 5) is 15.2. The van der Waals surface area contributed by atoms with Crippen molar-refractivity contribution in [1.29, 1.82) is 0 Å². The number of nitro groups is 1. The molecule has 0 radical (unpaired) electrons. The van der Waals surface area contributed by atoms with E-state index in [0.717, 1.165) is 43.1 Å². The highest BCUT2D eigenvalue weighted by molar-refractivity contribution is 7.80. The highest BCUT2D eigenvalue weighted by Gasteiger charge is 2.38. The number of hydrogen-bond donors (Lipinski definition) is 1. The first-order valence-electron chi connectivity index (χ1n) is 12.4. The normalized spacial score (nSPS) is 17.6. The van der Waals surface area contributed by atoms with Gasteiger partial charge in [-0.05, 0) is 56.9 Å². The summed E-state index contributed by atoms with van der Waals surface area (Å²) in [7, 11) is 0. The van der Waals surface area contributed by atoms with E-state index in [1.165, 1.54) is 17.3 Å². The Hall–Kier alpha value is -2.92. The molecule has 4 rings (SSSR count). The molecule has 7 nitrogen and oxygen atoms in total. The Labute approximate surface area is 219 Å². The molecule has 0 saturated carbocycles. The molecule has 2 aliphatic heterocycles. The molecule has 2 aromatic rings. The third-order valence-corrected chi connectivity index (χ3v) is 7.38. The molecule has 11 heteroatoms. The number of nitrogens with zero attached hydrogens (tertiary/aromatic N) is 3. The summed E-state index contributed by atoms with van der Waals surface area (Å²) in [5, 5.41) is 14.1. The second kappa shape index (κ2) is 11.6. The number of ether oxygens (including phenoxy) is 1. The van der Waals surface area contributed by atoms with Gasteiger partial charge in [0, 0.05) is 49.7 Å². The molecule has 0 amide bonds. The van der Waals surface area contributed by atoms with Crippen LogP contribution in [0.25, 0.3) is 0 Å². The van der Waals surface area contributed by atoms with Crippen LogP contribution in [0, 0.1) is 17.0 Å². The number of hydrogen-bond acceptors (Lipinski definition) is 6. The fraction of sp³-hybridized carbons (Fsp3) is 0.500. The Morgan fingerprint density at radius 1 is 1.08 bits per heavy atom. The van der Waals surface area contributed by atoms with Gasteiger partial charge in [0.25, 0.3) is 5.69 Å². The minimum Gasteiger partial charge on any atom is -0.382 e. The first-order valence-corrected chi connectivity index (χ1v) is 12.8. The van der Waals surface area contributed by atoms with E-state index in [9.17, 15) is 23.3 Å². The summed E-state index contributed by atoms with van der Waals surface area (Å²) in [5.74, 6) is 0. The van der Waals surface area contributed by atoms with Crippen molar-refractivity contribution in [3.63, 3.8) is 0 Å². The molecular formula is C26H31F3N4O3S. The van der Waals surface area contributed by atoms with E-state index in [1.807, 2.05) is 0 Å². The molecule has 0 atom stereocenters. The van der Waals surface area contributed by atoms with Crippen molar-refractivity contribution in [3.05, 3.63) is 63.7 Å². The lowest BCUT2D eigenvalue weighted by atomic mass is 10.0. The average molecular weight is 537 g/mol. The van der Waals surface area contributed by atoms with Gasteiger partial charge in [-0.1, -0.05) is 29.9 Å². The van der Waals surface area contributed by atoms with Crippen molar-refractivity contribution in [2.45, 2.75) is 50.9 Å². The molecule has 2 aromatic carbocycles. The zero-order valence-corrected chi connectivity index (χ0v) is 21.5. The van der Waals surface area contributed by atoms with Gasteiger partial charge < -0.3 is 19.9 Å². The van der Waals surface area contributed by atoms with Crippen LogP contribution < -0.4 is 10.2 Å². The van der Waals surface area contributed by atoms with Crippen LogP contribution >= 0.6 is 12.2 Å². The van der Waals surface area contributed by atoms with Gasteiger partial charge in [-0.3, -0.25) is 10.1 Å². The van der Waals surface area contributed by atoms with Crippen LogP contribution in [0.5, 0.6) is 0 Å². The maximum absolute atomic E-state index is 13.3. The summed E-state index contributed by atoms with van der Waals surface area (Å²) in [5.41, 5.74) is 0.512. The average Bonchev–Trinajstić information content (AvgIpc) is 2.88. The van der Waals surface area contributed by atoms with E-state index in [-0.39, 0.29) is 17.8 Å². The number of likely N-dealkylation sites (tertiary alicyclic amines) is 1. The fourth-order valence-electron chi connectivity index (χ4n) is 4.84. The van der Waals surface area contributed by atoms with Gasteiger partial charge in [0.2, 0.25) is 0 Å². The number of piperidine rings is 2. The number of nitrogens with one attached hydrogen (secondary N) is 1. The van der Waals surface area contributed by atoms with Gasteiger partial charge in [0.05, 0.1) is 17.6 Å². The van der Waals surface area contributed by atoms with Crippen molar-refractivity contribution in [3.8, 4) is 0 Å². The Morgan fingerprint density at radius 2 is 1.73 bits per heavy atom. The summed E-state index contributed by atoms with van der Waals surface area (Å²) < 4.78 is 45.9. The van der Waals surface area contributed by atoms with Crippen molar-refractivity contribution in [2.24, 2.45) is 0 Å². The van der Waals surface area contributed by atoms with Crippen LogP contribution in [-0.4, -0.2) is 59.7 Å². The Kier molecular flexibility index (Phi) is 8.53. The van der Waals surface area contributed by atoms with Crippen molar-refractivity contribution >= 4 is 34.3 Å². The smallest absolute Gasteiger partial charge is 0.382 e. The van der Waals surface area contributed by atoms with Crippen molar-refractivity contribution in [1.82, 2.24) is 4.90 Å². The number of nitro benzene ring substituents is 1. The summed E-state index contributed by atoms with van der Waals surface area (Å²) in [6.07, 6.45) is -1.37. The third kappa shape index (κ3) is 7.10. The first-order chi connectivity index (χ1) is 17.6. The van der Waals surface area contributed by atoms with Crippen LogP contribution in [0.15, 0.2) is 42.5 Å². The largest absolute Gasteiger partial charge is 0.423 e. The zero-order chi connectivity index (χ0) is 26.6. The summed E-state index contributed by atoms with van der Waals surface area (Å²) in [6.45, 7) is 5.69. The van der Waals surface area contributed by atoms with E-state index in [1.54, 1.807) is 0 Å². The number of aryl methyl sites for hydroxylation is 1. The lowest BCUT2D eigenvalue weighted by Gasteiger charge is -2.36. The van der Waals surface area contributed by atoms with E-state index in [4.69, 9.17) is 17.0 Å². The number of rotatable bonds is 7. The van der Waals surface area contributed by atoms with Gasteiger partial charge in [0.15, 0.2) is 0 Å². The lowest BCUT2D eigenvalue weighted by molar-refractivity contribution is -0.388. The van der Waals surface area contributed by atoms with E-state index < -0.39 is 22.4 Å². The molecule has 2 fully saturated rings. The molecule has 0 aliphatic carbocycles. The van der Waals surface area contributed by atoms with Gasteiger partial charge >= 0.3 is 6.18 Å². The molecule has 2 saturated heterocycles. The molecule has 0 spiro atoms.